The van der Waals surface area contributed by atoms with Crippen LogP contribution in [0, 0.1) is 0 Å². The molecule has 22 heavy (non-hydrogen) atoms. The van der Waals surface area contributed by atoms with Crippen molar-refractivity contribution in [3.63, 3.8) is 0 Å². The Kier molecular flexibility index (Phi) is 6.15. The van der Waals surface area contributed by atoms with E-state index in [4.69, 9.17) is 4.74 Å². The Morgan fingerprint density at radius 2 is 2.09 bits per heavy atom. The van der Waals surface area contributed by atoms with Gasteiger partial charge in [0.1, 0.15) is 24.5 Å². The number of ether oxygens (including phenoxy) is 1. The van der Waals surface area contributed by atoms with Crippen LogP contribution in [0.25, 0.3) is 0 Å². The van der Waals surface area contributed by atoms with Gasteiger partial charge >= 0.3 is 0 Å². The first-order valence-corrected chi connectivity index (χ1v) is 7.69. The van der Waals surface area contributed by atoms with Crippen LogP contribution in [0.4, 0.5) is 0 Å². The molecule has 0 amide bonds. The maximum Gasteiger partial charge on any atom is 0.141 e. The maximum atomic E-state index is 5.73. The molecule has 5 heteroatoms. The highest BCUT2D eigenvalue weighted by Crippen LogP contribution is 2.20. The molecule has 0 saturated carbocycles. The lowest BCUT2D eigenvalue weighted by atomic mass is 10.2. The van der Waals surface area contributed by atoms with Crippen LogP contribution in [0.2, 0.25) is 0 Å². The van der Waals surface area contributed by atoms with Gasteiger partial charge in [-0.05, 0) is 19.5 Å². The zero-order valence-electron chi connectivity index (χ0n) is 13.4. The molecule has 5 nitrogen and oxygen atoms in total. The average molecular weight is 300 g/mol. The fourth-order valence-corrected chi connectivity index (χ4v) is 2.32. The summed E-state index contributed by atoms with van der Waals surface area (Å²) in [6.07, 6.45) is 3.38. The molecule has 0 radical (unpaired) electrons. The lowest BCUT2D eigenvalue weighted by Gasteiger charge is -2.21. The molecule has 2 aromatic rings. The van der Waals surface area contributed by atoms with E-state index in [1.165, 1.54) is 5.56 Å². The Balaban J connectivity index is 2.08. The lowest BCUT2D eigenvalue weighted by molar-refractivity contribution is 0.252. The number of aromatic nitrogens is 3. The number of para-hydroxylation sites is 1. The molecule has 0 spiro atoms. The van der Waals surface area contributed by atoms with Gasteiger partial charge in [0.05, 0.1) is 6.54 Å². The molecule has 2 rings (SSSR count). The van der Waals surface area contributed by atoms with Gasteiger partial charge in [0, 0.05) is 18.7 Å². The number of rotatable bonds is 9. The first kappa shape index (κ1) is 16.2. The molecule has 0 N–H and O–H groups in total. The Labute approximate surface area is 132 Å². The third kappa shape index (κ3) is 4.18. The number of hydrogen-bond acceptors (Lipinski definition) is 4. The quantitative estimate of drug-likeness (QED) is 0.668. The van der Waals surface area contributed by atoms with E-state index in [9.17, 15) is 0 Å². The van der Waals surface area contributed by atoms with Gasteiger partial charge in [0.15, 0.2) is 0 Å². The molecule has 0 aliphatic carbocycles. The van der Waals surface area contributed by atoms with Crippen molar-refractivity contribution in [1.82, 2.24) is 19.7 Å². The predicted octanol–water partition coefficient (Wildman–Crippen LogP) is 2.88. The monoisotopic (exact) mass is 300 g/mol. The topological polar surface area (TPSA) is 43.2 Å². The van der Waals surface area contributed by atoms with E-state index in [-0.39, 0.29) is 0 Å². The van der Waals surface area contributed by atoms with E-state index in [0.29, 0.717) is 6.61 Å². The van der Waals surface area contributed by atoms with Crippen molar-refractivity contribution in [2.75, 3.05) is 13.2 Å². The number of hydrogen-bond donors (Lipinski definition) is 0. The number of aryl methyl sites for hydroxylation is 1. The molecule has 1 aromatic carbocycles. The molecule has 0 bridgehead atoms. The van der Waals surface area contributed by atoms with Gasteiger partial charge < -0.3 is 4.74 Å². The zero-order chi connectivity index (χ0) is 15.8. The summed E-state index contributed by atoms with van der Waals surface area (Å²) in [6.45, 7) is 11.8. The Hall–Kier alpha value is -2.14. The smallest absolute Gasteiger partial charge is 0.141 e. The minimum Gasteiger partial charge on any atom is -0.489 e. The second-order valence-electron chi connectivity index (χ2n) is 5.00. The second-order valence-corrected chi connectivity index (χ2v) is 5.00. The van der Waals surface area contributed by atoms with E-state index in [1.807, 2.05) is 22.9 Å². The van der Waals surface area contributed by atoms with E-state index < -0.39 is 0 Å². The molecule has 0 aliphatic rings. The highest BCUT2D eigenvalue weighted by Gasteiger charge is 2.12. The molecule has 0 aliphatic heterocycles. The molecule has 0 fully saturated rings. The Bertz CT molecular complexity index is 594. The summed E-state index contributed by atoms with van der Waals surface area (Å²) in [7, 11) is 0. The summed E-state index contributed by atoms with van der Waals surface area (Å²) >= 11 is 0. The van der Waals surface area contributed by atoms with Crippen molar-refractivity contribution in [2.45, 2.75) is 33.5 Å². The number of nitrogens with zero attached hydrogens (tertiary/aromatic N) is 4. The number of benzene rings is 1. The van der Waals surface area contributed by atoms with Crippen molar-refractivity contribution in [3.8, 4) is 5.75 Å². The summed E-state index contributed by atoms with van der Waals surface area (Å²) in [5.41, 5.74) is 1.17. The van der Waals surface area contributed by atoms with Crippen molar-refractivity contribution < 1.29 is 4.74 Å². The van der Waals surface area contributed by atoms with Gasteiger partial charge in [-0.1, -0.05) is 37.8 Å². The first-order valence-electron chi connectivity index (χ1n) is 7.69. The van der Waals surface area contributed by atoms with E-state index in [0.717, 1.165) is 37.8 Å². The molecule has 0 saturated heterocycles. The first-order chi connectivity index (χ1) is 10.8. The fraction of sp³-hybridized carbons (Fsp3) is 0.412. The van der Waals surface area contributed by atoms with Crippen LogP contribution in [-0.2, 0) is 19.6 Å². The van der Waals surface area contributed by atoms with Crippen molar-refractivity contribution in [1.29, 1.82) is 0 Å². The normalized spacial score (nSPS) is 10.9. The van der Waals surface area contributed by atoms with Crippen LogP contribution in [0.1, 0.15) is 25.2 Å². The highest BCUT2D eigenvalue weighted by molar-refractivity contribution is 5.33. The van der Waals surface area contributed by atoms with Gasteiger partial charge in [0.2, 0.25) is 0 Å². The van der Waals surface area contributed by atoms with Crippen LogP contribution in [-0.4, -0.2) is 32.8 Å². The van der Waals surface area contributed by atoms with Crippen LogP contribution < -0.4 is 4.74 Å². The van der Waals surface area contributed by atoms with Gasteiger partial charge in [-0.3, -0.25) is 4.90 Å². The van der Waals surface area contributed by atoms with Crippen LogP contribution in [0.15, 0.2) is 43.2 Å². The fourth-order valence-electron chi connectivity index (χ4n) is 2.32. The van der Waals surface area contributed by atoms with Gasteiger partial charge in [-0.15, -0.1) is 0 Å². The molecule has 118 valence electrons. The van der Waals surface area contributed by atoms with E-state index in [2.05, 4.69) is 41.5 Å². The minimum absolute atomic E-state index is 0.521. The highest BCUT2D eigenvalue weighted by atomic mass is 16.5. The van der Waals surface area contributed by atoms with Crippen molar-refractivity contribution >= 4 is 0 Å². The second kappa shape index (κ2) is 8.34. The Morgan fingerprint density at radius 1 is 1.27 bits per heavy atom. The maximum absolute atomic E-state index is 5.73. The molecule has 0 unspecified atom stereocenters. The van der Waals surface area contributed by atoms with Crippen LogP contribution in [0.3, 0.4) is 0 Å². The van der Waals surface area contributed by atoms with Gasteiger partial charge in [0.25, 0.3) is 0 Å². The Morgan fingerprint density at radius 3 is 2.82 bits per heavy atom. The molecule has 1 heterocycles. The largest absolute Gasteiger partial charge is 0.489 e. The molecule has 0 atom stereocenters. The predicted molar refractivity (Wildman–Crippen MR) is 87.6 cm³/mol. The summed E-state index contributed by atoms with van der Waals surface area (Å²) in [5.74, 6) is 1.91. The summed E-state index contributed by atoms with van der Waals surface area (Å²) in [6, 6.07) is 8.14. The summed E-state index contributed by atoms with van der Waals surface area (Å²) in [5, 5.41) is 4.23. The molecular weight excluding hydrogens is 276 g/mol. The lowest BCUT2D eigenvalue weighted by Crippen LogP contribution is -2.25. The van der Waals surface area contributed by atoms with Crippen LogP contribution in [0.5, 0.6) is 5.75 Å². The SMILES string of the molecule is C=CCOc1ccccc1CN(CC)Cc1ncnn1CC. The third-order valence-corrected chi connectivity index (χ3v) is 3.53. The minimum atomic E-state index is 0.521. The molecule has 1 aromatic heterocycles. The average Bonchev–Trinajstić information content (AvgIpc) is 3.00. The van der Waals surface area contributed by atoms with Gasteiger partial charge in [-0.25, -0.2) is 9.67 Å². The van der Waals surface area contributed by atoms with Crippen molar-refractivity contribution in [2.24, 2.45) is 0 Å². The zero-order valence-corrected chi connectivity index (χ0v) is 13.4. The van der Waals surface area contributed by atoms with E-state index >= 15 is 0 Å². The summed E-state index contributed by atoms with van der Waals surface area (Å²) in [4.78, 5) is 6.68. The van der Waals surface area contributed by atoms with Crippen molar-refractivity contribution in [3.05, 3.63) is 54.6 Å². The third-order valence-electron chi connectivity index (χ3n) is 3.53. The standard InChI is InChI=1S/C17H24N4O/c1-4-11-22-16-10-8-7-9-15(16)12-20(5-2)13-17-18-14-19-21(17)6-3/h4,7-10,14H,1,5-6,11-13H2,2-3H3. The van der Waals surface area contributed by atoms with Crippen LogP contribution >= 0.6 is 0 Å². The molecular formula is C17H24N4O. The van der Waals surface area contributed by atoms with Gasteiger partial charge in [-0.2, -0.15) is 5.10 Å². The van der Waals surface area contributed by atoms with E-state index in [1.54, 1.807) is 12.4 Å². The summed E-state index contributed by atoms with van der Waals surface area (Å²) < 4.78 is 7.67.